The van der Waals surface area contributed by atoms with Crippen LogP contribution in [0.4, 0.5) is 0 Å². The van der Waals surface area contributed by atoms with Crippen molar-refractivity contribution in [3.8, 4) is 11.5 Å². The van der Waals surface area contributed by atoms with E-state index in [-0.39, 0.29) is 41.8 Å². The molecule has 0 aromatic heterocycles. The number of nitrogens with one attached hydrogen (secondary N) is 2. The van der Waals surface area contributed by atoms with Crippen molar-refractivity contribution >= 4 is 41.3 Å². The lowest BCUT2D eigenvalue weighted by Gasteiger charge is -2.24. The third kappa shape index (κ3) is 15.4. The van der Waals surface area contributed by atoms with Crippen molar-refractivity contribution in [1.82, 2.24) is 10.6 Å². The molecule has 0 bridgehead atoms. The molecule has 1 aromatic carbocycles. The lowest BCUT2D eigenvalue weighted by Crippen LogP contribution is -2.55. The minimum atomic E-state index is -1.42. The number of thioether (sulfide) groups is 1. The summed E-state index contributed by atoms with van der Waals surface area (Å²) in [4.78, 5) is 62.3. The topological polar surface area (TPSA) is 205 Å². The summed E-state index contributed by atoms with van der Waals surface area (Å²) in [6, 6.07) is 0.980. The molecule has 0 saturated heterocycles. The normalized spacial score (nSPS) is 14.2. The van der Waals surface area contributed by atoms with Crippen LogP contribution < -0.4 is 21.1 Å². The van der Waals surface area contributed by atoms with Crippen LogP contribution in [0.15, 0.2) is 42.0 Å². The van der Waals surface area contributed by atoms with Gasteiger partial charge in [0.1, 0.15) is 17.9 Å². The molecule has 0 radical (unpaired) electrons. The minimum Gasteiger partial charge on any atom is -0.504 e. The van der Waals surface area contributed by atoms with E-state index in [1.54, 1.807) is 44.2 Å². The fraction of sp³-hybridized carbons (Fsp3) is 0.545. The zero-order valence-electron chi connectivity index (χ0n) is 27.1. The second-order valence-corrected chi connectivity index (χ2v) is 12.3. The smallest absolute Gasteiger partial charge is 0.326 e. The maximum atomic E-state index is 13.4. The summed E-state index contributed by atoms with van der Waals surface area (Å²) >= 11 is 1.32. The molecule has 0 aliphatic carbocycles. The van der Waals surface area contributed by atoms with Crippen LogP contribution in [0.3, 0.4) is 0 Å². The number of aliphatic carboxylic acids is 2. The Morgan fingerprint density at radius 3 is 2.28 bits per heavy atom. The molecule has 0 saturated carbocycles. The number of carbonyl (C=O) groups excluding carboxylic acids is 3. The number of Topliss-reactive ketones (excluding diaryl/α,β-unsaturated/α-hetero) is 1. The van der Waals surface area contributed by atoms with Crippen LogP contribution in [0.2, 0.25) is 0 Å². The number of unbranched alkanes of at least 4 members (excludes halogenated alkanes) is 2. The van der Waals surface area contributed by atoms with Gasteiger partial charge in [-0.15, -0.1) is 0 Å². The van der Waals surface area contributed by atoms with E-state index in [2.05, 4.69) is 17.6 Å². The molecule has 7 N–H and O–H groups in total. The Morgan fingerprint density at radius 2 is 1.70 bits per heavy atom. The van der Waals surface area contributed by atoms with Crippen molar-refractivity contribution in [2.24, 2.45) is 5.73 Å². The van der Waals surface area contributed by atoms with Gasteiger partial charge < -0.3 is 36.4 Å². The van der Waals surface area contributed by atoms with Crippen LogP contribution in [0.25, 0.3) is 0 Å². The molecular weight excluding hydrogens is 614 g/mol. The third-order valence-corrected chi connectivity index (χ3v) is 8.59. The largest absolute Gasteiger partial charge is 0.504 e. The number of aryl methyl sites for hydroxylation is 1. The summed E-state index contributed by atoms with van der Waals surface area (Å²) in [6.07, 6.45) is 8.94. The molecule has 1 rings (SSSR count). The number of carboxylic acids is 2. The van der Waals surface area contributed by atoms with Gasteiger partial charge in [-0.2, -0.15) is 11.8 Å². The fourth-order valence-electron chi connectivity index (χ4n) is 4.56. The van der Waals surface area contributed by atoms with Crippen molar-refractivity contribution in [2.75, 3.05) is 12.9 Å². The van der Waals surface area contributed by atoms with Gasteiger partial charge in [-0.3, -0.25) is 19.2 Å². The van der Waals surface area contributed by atoms with Crippen molar-refractivity contribution in [3.05, 3.63) is 47.6 Å². The second kappa shape index (κ2) is 21.8. The van der Waals surface area contributed by atoms with Gasteiger partial charge in [0.2, 0.25) is 11.8 Å². The maximum absolute atomic E-state index is 13.4. The van der Waals surface area contributed by atoms with Gasteiger partial charge in [0, 0.05) is 30.3 Å². The summed E-state index contributed by atoms with van der Waals surface area (Å²) in [7, 11) is 1.45. The first-order valence-corrected chi connectivity index (χ1v) is 16.5. The summed E-state index contributed by atoms with van der Waals surface area (Å²) in [5, 5.41) is 33.5. The average Bonchev–Trinajstić information content (AvgIpc) is 3.01. The molecule has 4 unspecified atom stereocenters. The number of benzene rings is 1. The van der Waals surface area contributed by atoms with Crippen LogP contribution in [-0.4, -0.2) is 81.1 Å². The third-order valence-electron chi connectivity index (χ3n) is 7.19. The lowest BCUT2D eigenvalue weighted by molar-refractivity contribution is -0.142. The van der Waals surface area contributed by atoms with Crippen LogP contribution in [0.1, 0.15) is 77.7 Å². The molecule has 0 fully saturated rings. The lowest BCUT2D eigenvalue weighted by atomic mass is 10.0. The highest BCUT2D eigenvalue weighted by Gasteiger charge is 2.30. The van der Waals surface area contributed by atoms with E-state index in [0.717, 1.165) is 24.8 Å². The number of aromatic hydroxyl groups is 1. The van der Waals surface area contributed by atoms with Gasteiger partial charge in [-0.1, -0.05) is 50.5 Å². The monoisotopic (exact) mass is 663 g/mol. The molecule has 1 aromatic rings. The Morgan fingerprint density at radius 1 is 1.00 bits per heavy atom. The fourth-order valence-corrected chi connectivity index (χ4v) is 5.90. The van der Waals surface area contributed by atoms with Crippen LogP contribution in [-0.2, 0) is 30.4 Å². The summed E-state index contributed by atoms with van der Waals surface area (Å²) in [6.45, 7) is 5.60. The zero-order valence-corrected chi connectivity index (χ0v) is 27.9. The number of allylic oxidation sites excluding steroid dienone is 3. The SMILES string of the molecule is C/C=C\C(=C/C)CC(NC(=O)C(CSC(CCCCC)CC(=O)CCc1ccc(O)c(OC)c1)NC(=O)C(N)CC(=O)O)C(=O)O. The van der Waals surface area contributed by atoms with Crippen molar-refractivity contribution in [3.63, 3.8) is 0 Å². The number of hydrogen-bond acceptors (Lipinski definition) is 9. The predicted molar refractivity (Wildman–Crippen MR) is 178 cm³/mol. The molecule has 0 aliphatic heterocycles. The molecule has 256 valence electrons. The van der Waals surface area contributed by atoms with E-state index in [1.165, 1.54) is 24.9 Å². The van der Waals surface area contributed by atoms with E-state index in [9.17, 15) is 34.2 Å². The summed E-state index contributed by atoms with van der Waals surface area (Å²) < 4.78 is 5.14. The molecule has 13 heteroatoms. The van der Waals surface area contributed by atoms with Gasteiger partial charge in [0.05, 0.1) is 19.6 Å². The first kappa shape index (κ1) is 40.2. The van der Waals surface area contributed by atoms with E-state index in [4.69, 9.17) is 15.6 Å². The Kier molecular flexibility index (Phi) is 19.1. The maximum Gasteiger partial charge on any atom is 0.326 e. The number of phenolic OH excluding ortho intramolecular Hbond substituents is 1. The standard InChI is InChI=1S/C33H49N3O9S/c1-5-8-9-11-24(18-23(37)14-12-22-13-15-28(38)29(17-22)45-4)46-20-27(36-31(41)25(34)19-30(39)40)32(42)35-26(33(43)44)16-21(7-3)10-6-2/h6-7,10,13,15,17,24-27,38H,5,8-9,11-12,14,16,18-20,34H2,1-4H3,(H,35,42)(H,36,41)(H,39,40)(H,43,44)/b10-6-,21-7+. The molecule has 46 heavy (non-hydrogen) atoms. The first-order valence-electron chi connectivity index (χ1n) is 15.4. The van der Waals surface area contributed by atoms with Crippen molar-refractivity contribution < 1.29 is 44.0 Å². The second-order valence-electron chi connectivity index (χ2n) is 10.9. The van der Waals surface area contributed by atoms with E-state index >= 15 is 0 Å². The molecule has 2 amide bonds. The van der Waals surface area contributed by atoms with E-state index in [1.807, 2.05) is 0 Å². The molecule has 12 nitrogen and oxygen atoms in total. The van der Waals surface area contributed by atoms with E-state index in [0.29, 0.717) is 24.2 Å². The number of nitrogens with two attached hydrogens (primary N) is 1. The molecule has 0 spiro atoms. The highest BCUT2D eigenvalue weighted by Crippen LogP contribution is 2.28. The number of ketones is 1. The van der Waals surface area contributed by atoms with Crippen LogP contribution >= 0.6 is 11.8 Å². The Hall–Kier alpha value is -3.84. The zero-order chi connectivity index (χ0) is 34.6. The van der Waals surface area contributed by atoms with E-state index < -0.39 is 48.3 Å². The summed E-state index contributed by atoms with van der Waals surface area (Å²) in [5.74, 6) is -3.82. The minimum absolute atomic E-state index is 0.00311. The quantitative estimate of drug-likeness (QED) is 0.0735. The number of carbonyl (C=O) groups is 5. The van der Waals surface area contributed by atoms with Gasteiger partial charge >= 0.3 is 11.9 Å². The van der Waals surface area contributed by atoms with Gasteiger partial charge in [0.25, 0.3) is 0 Å². The van der Waals surface area contributed by atoms with Gasteiger partial charge in [-0.25, -0.2) is 4.79 Å². The number of phenols is 1. The molecule has 0 heterocycles. The van der Waals surface area contributed by atoms with Crippen molar-refractivity contribution in [1.29, 1.82) is 0 Å². The summed E-state index contributed by atoms with van der Waals surface area (Å²) in [5.41, 5.74) is 7.26. The Labute approximate surface area is 275 Å². The Bertz CT molecular complexity index is 1230. The number of methoxy groups -OCH3 is 1. The molecule has 4 atom stereocenters. The number of carboxylic acid groups (broad SMARTS) is 2. The molecular formula is C33H49N3O9S. The predicted octanol–water partition coefficient (Wildman–Crippen LogP) is 3.74. The van der Waals surface area contributed by atoms with Crippen molar-refractivity contribution in [2.45, 2.75) is 102 Å². The first-order chi connectivity index (χ1) is 21.8. The van der Waals surface area contributed by atoms with Gasteiger partial charge in [0.15, 0.2) is 11.5 Å². The van der Waals surface area contributed by atoms with Crippen LogP contribution in [0.5, 0.6) is 11.5 Å². The molecule has 0 aliphatic rings. The van der Waals surface area contributed by atoms with Crippen LogP contribution in [0, 0.1) is 0 Å². The number of hydrogen-bond donors (Lipinski definition) is 6. The number of ether oxygens (including phenoxy) is 1. The Balaban J connectivity index is 3.10. The average molecular weight is 664 g/mol. The highest BCUT2D eigenvalue weighted by molar-refractivity contribution is 8.00. The number of rotatable bonds is 23. The van der Waals surface area contributed by atoms with Gasteiger partial charge in [-0.05, 0) is 50.0 Å². The highest BCUT2D eigenvalue weighted by atomic mass is 32.2. The number of amides is 2.